The van der Waals surface area contributed by atoms with Gasteiger partial charge in [0.15, 0.2) is 5.13 Å². The summed E-state index contributed by atoms with van der Waals surface area (Å²) in [4.78, 5) is 37.2. The quantitative estimate of drug-likeness (QED) is 0.602. The Morgan fingerprint density at radius 1 is 0.933 bits per heavy atom. The van der Waals surface area contributed by atoms with Crippen molar-refractivity contribution >= 4 is 39.6 Å². The molecule has 1 aliphatic heterocycles. The van der Waals surface area contributed by atoms with Gasteiger partial charge in [-0.2, -0.15) is 0 Å². The summed E-state index contributed by atoms with van der Waals surface area (Å²) in [5.41, 5.74) is 7.20. The summed E-state index contributed by atoms with van der Waals surface area (Å²) in [5.74, 6) is -0.778. The molecular formula is C20H21N5O3S2. The predicted octanol–water partition coefficient (Wildman–Crippen LogP) is 2.79. The van der Waals surface area contributed by atoms with Crippen LogP contribution in [0.25, 0.3) is 10.6 Å². The number of benzene rings is 1. The maximum atomic E-state index is 12.6. The number of anilines is 1. The lowest BCUT2D eigenvalue weighted by molar-refractivity contribution is 0.0850. The third-order valence-electron chi connectivity index (χ3n) is 4.59. The molecule has 0 aliphatic carbocycles. The van der Waals surface area contributed by atoms with E-state index in [1.807, 2.05) is 30.3 Å². The lowest BCUT2D eigenvalue weighted by Gasteiger charge is -2.25. The van der Waals surface area contributed by atoms with Crippen LogP contribution in [0.3, 0.4) is 0 Å². The highest BCUT2D eigenvalue weighted by molar-refractivity contribution is 7.17. The maximum Gasteiger partial charge on any atom is 0.281 e. The van der Waals surface area contributed by atoms with E-state index < -0.39 is 5.91 Å². The first-order chi connectivity index (χ1) is 14.5. The third kappa shape index (κ3) is 4.35. The van der Waals surface area contributed by atoms with Crippen molar-refractivity contribution in [1.29, 1.82) is 0 Å². The molecule has 10 heteroatoms. The van der Waals surface area contributed by atoms with Crippen molar-refractivity contribution in [1.82, 2.24) is 20.8 Å². The molecule has 3 heterocycles. The van der Waals surface area contributed by atoms with Crippen molar-refractivity contribution in [3.8, 4) is 10.6 Å². The lowest BCUT2D eigenvalue weighted by atomic mass is 10.2. The van der Waals surface area contributed by atoms with Crippen LogP contribution in [0.4, 0.5) is 5.13 Å². The Kier molecular flexibility index (Phi) is 6.07. The lowest BCUT2D eigenvalue weighted by Crippen LogP contribution is -2.41. The molecule has 0 bridgehead atoms. The van der Waals surface area contributed by atoms with Gasteiger partial charge in [0.2, 0.25) is 0 Å². The summed E-state index contributed by atoms with van der Waals surface area (Å²) < 4.78 is 5.36. The number of hydrogen-bond donors (Lipinski definition) is 2. The summed E-state index contributed by atoms with van der Waals surface area (Å²) in [6, 6.07) is 9.67. The highest BCUT2D eigenvalue weighted by atomic mass is 32.1. The van der Waals surface area contributed by atoms with Gasteiger partial charge in [-0.05, 0) is 13.8 Å². The van der Waals surface area contributed by atoms with E-state index in [4.69, 9.17) is 4.74 Å². The number of carbonyl (C=O) groups is 2. The Morgan fingerprint density at radius 2 is 1.53 bits per heavy atom. The Balaban J connectivity index is 1.41. The zero-order valence-electron chi connectivity index (χ0n) is 16.6. The Morgan fingerprint density at radius 3 is 2.20 bits per heavy atom. The van der Waals surface area contributed by atoms with Gasteiger partial charge in [0.05, 0.1) is 24.6 Å². The van der Waals surface area contributed by atoms with Crippen LogP contribution in [-0.4, -0.2) is 48.1 Å². The SMILES string of the molecule is Cc1nc(-c2ccccc2)sc1C(=O)NNC(=O)c1sc(N2CCOCC2)nc1C. The molecule has 1 saturated heterocycles. The number of thiazole rings is 2. The fourth-order valence-corrected chi connectivity index (χ4v) is 5.00. The second-order valence-electron chi connectivity index (χ2n) is 6.72. The highest BCUT2D eigenvalue weighted by Crippen LogP contribution is 2.28. The molecule has 0 radical (unpaired) electrons. The fourth-order valence-electron chi connectivity index (χ4n) is 3.02. The topological polar surface area (TPSA) is 96.5 Å². The minimum Gasteiger partial charge on any atom is -0.378 e. The van der Waals surface area contributed by atoms with Gasteiger partial charge >= 0.3 is 0 Å². The first-order valence-electron chi connectivity index (χ1n) is 9.46. The number of amides is 2. The van der Waals surface area contributed by atoms with E-state index in [1.54, 1.807) is 13.8 Å². The predicted molar refractivity (Wildman–Crippen MR) is 117 cm³/mol. The van der Waals surface area contributed by atoms with Crippen LogP contribution in [0.2, 0.25) is 0 Å². The minimum atomic E-state index is -0.392. The van der Waals surface area contributed by atoms with Crippen molar-refractivity contribution in [2.45, 2.75) is 13.8 Å². The van der Waals surface area contributed by atoms with Gasteiger partial charge in [-0.1, -0.05) is 41.7 Å². The van der Waals surface area contributed by atoms with E-state index in [2.05, 4.69) is 25.7 Å². The minimum absolute atomic E-state index is 0.386. The molecule has 3 aromatic rings. The summed E-state index contributed by atoms with van der Waals surface area (Å²) in [5, 5.41) is 1.55. The number of ether oxygens (including phenoxy) is 1. The molecule has 2 amide bonds. The normalized spacial score (nSPS) is 13.9. The standard InChI is InChI=1S/C20H21N5O3S2/c1-12-15(29-19(21-12)14-6-4-3-5-7-14)17(26)23-24-18(27)16-13(2)22-20(30-16)25-8-10-28-11-9-25/h3-7H,8-11H2,1-2H3,(H,23,26)(H,24,27). The number of rotatable bonds is 4. The average molecular weight is 444 g/mol. The van der Waals surface area contributed by atoms with Crippen molar-refractivity contribution in [3.05, 3.63) is 51.5 Å². The van der Waals surface area contributed by atoms with E-state index in [-0.39, 0.29) is 5.91 Å². The van der Waals surface area contributed by atoms with Crippen LogP contribution in [0.5, 0.6) is 0 Å². The molecule has 0 unspecified atom stereocenters. The van der Waals surface area contributed by atoms with E-state index in [9.17, 15) is 9.59 Å². The van der Waals surface area contributed by atoms with Crippen molar-refractivity contribution in [2.75, 3.05) is 31.2 Å². The molecule has 2 N–H and O–H groups in total. The molecule has 1 aromatic carbocycles. The highest BCUT2D eigenvalue weighted by Gasteiger charge is 2.22. The van der Waals surface area contributed by atoms with Gasteiger partial charge in [-0.25, -0.2) is 9.97 Å². The van der Waals surface area contributed by atoms with E-state index in [0.29, 0.717) is 34.4 Å². The van der Waals surface area contributed by atoms with Crippen LogP contribution in [0, 0.1) is 13.8 Å². The maximum absolute atomic E-state index is 12.6. The smallest absolute Gasteiger partial charge is 0.281 e. The van der Waals surface area contributed by atoms with Gasteiger partial charge < -0.3 is 9.64 Å². The summed E-state index contributed by atoms with van der Waals surface area (Å²) in [7, 11) is 0. The summed E-state index contributed by atoms with van der Waals surface area (Å²) in [6.45, 7) is 6.36. The average Bonchev–Trinajstić information content (AvgIpc) is 3.36. The molecule has 156 valence electrons. The first-order valence-corrected chi connectivity index (χ1v) is 11.1. The second kappa shape index (κ2) is 8.90. The van der Waals surface area contributed by atoms with Gasteiger partial charge in [0, 0.05) is 18.7 Å². The van der Waals surface area contributed by atoms with E-state index >= 15 is 0 Å². The van der Waals surface area contributed by atoms with Gasteiger partial charge in [-0.15, -0.1) is 11.3 Å². The molecule has 4 rings (SSSR count). The van der Waals surface area contributed by atoms with Crippen LogP contribution >= 0.6 is 22.7 Å². The molecule has 2 aromatic heterocycles. The summed E-state index contributed by atoms with van der Waals surface area (Å²) in [6.07, 6.45) is 0. The van der Waals surface area contributed by atoms with Crippen molar-refractivity contribution in [3.63, 3.8) is 0 Å². The number of nitrogens with one attached hydrogen (secondary N) is 2. The Labute approximate surface area is 181 Å². The monoisotopic (exact) mass is 443 g/mol. The third-order valence-corrected chi connectivity index (χ3v) is 7.01. The van der Waals surface area contributed by atoms with Crippen molar-refractivity contribution < 1.29 is 14.3 Å². The van der Waals surface area contributed by atoms with Crippen LogP contribution in [-0.2, 0) is 4.74 Å². The molecule has 30 heavy (non-hydrogen) atoms. The van der Waals surface area contributed by atoms with Gasteiger partial charge in [0.1, 0.15) is 14.8 Å². The Bertz CT molecular complexity index is 1060. The molecule has 1 fully saturated rings. The molecule has 0 atom stereocenters. The second-order valence-corrected chi connectivity index (χ2v) is 8.69. The van der Waals surface area contributed by atoms with Crippen LogP contribution < -0.4 is 15.8 Å². The number of aryl methyl sites for hydroxylation is 2. The zero-order valence-corrected chi connectivity index (χ0v) is 18.2. The first kappa shape index (κ1) is 20.5. The number of nitrogens with zero attached hydrogens (tertiary/aromatic N) is 3. The zero-order chi connectivity index (χ0) is 21.1. The van der Waals surface area contributed by atoms with E-state index in [1.165, 1.54) is 22.7 Å². The number of hydrazine groups is 1. The largest absolute Gasteiger partial charge is 0.378 e. The molecule has 1 aliphatic rings. The van der Waals surface area contributed by atoms with Gasteiger partial charge in [-0.3, -0.25) is 20.4 Å². The van der Waals surface area contributed by atoms with Crippen LogP contribution in [0.1, 0.15) is 30.7 Å². The number of morpholine rings is 1. The molecule has 8 nitrogen and oxygen atoms in total. The van der Waals surface area contributed by atoms with Gasteiger partial charge in [0.25, 0.3) is 11.8 Å². The molecule has 0 saturated carbocycles. The molecule has 0 spiro atoms. The number of hydrogen-bond acceptors (Lipinski definition) is 8. The van der Waals surface area contributed by atoms with E-state index in [0.717, 1.165) is 28.8 Å². The molecular weight excluding hydrogens is 422 g/mol. The number of aromatic nitrogens is 2. The number of carbonyl (C=O) groups excluding carboxylic acids is 2. The fraction of sp³-hybridized carbons (Fsp3) is 0.300. The van der Waals surface area contributed by atoms with Crippen LogP contribution in [0.15, 0.2) is 30.3 Å². The Hall–Kier alpha value is -2.82. The summed E-state index contributed by atoms with van der Waals surface area (Å²) >= 11 is 2.60. The van der Waals surface area contributed by atoms with Crippen molar-refractivity contribution in [2.24, 2.45) is 0 Å².